The highest BCUT2D eigenvalue weighted by Gasteiger charge is 2.15. The zero-order chi connectivity index (χ0) is 17.8. The molecule has 0 saturated heterocycles. The van der Waals surface area contributed by atoms with E-state index in [9.17, 15) is 4.79 Å². The van der Waals surface area contributed by atoms with Crippen LogP contribution in [0, 0.1) is 0 Å². The average molecular weight is 361 g/mol. The topological polar surface area (TPSA) is 54.9 Å². The van der Waals surface area contributed by atoms with Gasteiger partial charge < -0.3 is 5.32 Å². The van der Waals surface area contributed by atoms with E-state index in [2.05, 4.69) is 27.4 Å². The number of carbonyl (C=O) groups is 1. The van der Waals surface area contributed by atoms with Crippen molar-refractivity contribution in [2.45, 2.75) is 30.0 Å². The number of nitrogens with one attached hydrogen (secondary N) is 1. The molecule has 2 aromatic heterocycles. The molecular weight excluding hydrogens is 342 g/mol. The minimum atomic E-state index is -0.117. The number of rotatable bonds is 5. The standard InChI is InChI=1S/C21H19N3OS/c25-20(24-18-7-6-16-3-1-4-17(16)13-18)19-5-2-10-23-21(19)26-14-15-8-11-22-12-9-15/h2,5-13H,1,3-4,14H2,(H,24,25). The quantitative estimate of drug-likeness (QED) is 0.679. The van der Waals surface area contributed by atoms with E-state index in [4.69, 9.17) is 0 Å². The molecule has 0 aliphatic heterocycles. The molecule has 0 spiro atoms. The lowest BCUT2D eigenvalue weighted by molar-refractivity contribution is 0.102. The Morgan fingerprint density at radius 1 is 1.04 bits per heavy atom. The molecule has 4 nitrogen and oxygen atoms in total. The molecule has 2 heterocycles. The second kappa shape index (κ2) is 7.70. The average Bonchev–Trinajstić information content (AvgIpc) is 3.15. The van der Waals surface area contributed by atoms with Crippen molar-refractivity contribution in [3.63, 3.8) is 0 Å². The van der Waals surface area contributed by atoms with Gasteiger partial charge in [0.05, 0.1) is 5.56 Å². The summed E-state index contributed by atoms with van der Waals surface area (Å²) in [5.74, 6) is 0.631. The molecule has 130 valence electrons. The van der Waals surface area contributed by atoms with Gasteiger partial charge in [-0.05, 0) is 72.4 Å². The number of carbonyl (C=O) groups excluding carboxylic acids is 1. The molecule has 0 saturated carbocycles. The summed E-state index contributed by atoms with van der Waals surface area (Å²) < 4.78 is 0. The molecule has 0 bridgehead atoms. The van der Waals surface area contributed by atoms with E-state index in [1.165, 1.54) is 17.5 Å². The number of nitrogens with zero attached hydrogens (tertiary/aromatic N) is 2. The van der Waals surface area contributed by atoms with Gasteiger partial charge >= 0.3 is 0 Å². The highest BCUT2D eigenvalue weighted by molar-refractivity contribution is 7.98. The summed E-state index contributed by atoms with van der Waals surface area (Å²) in [4.78, 5) is 21.2. The van der Waals surface area contributed by atoms with Gasteiger partial charge in [-0.2, -0.15) is 0 Å². The monoisotopic (exact) mass is 361 g/mol. The number of pyridine rings is 2. The Morgan fingerprint density at radius 2 is 1.88 bits per heavy atom. The Labute approximate surface area is 157 Å². The summed E-state index contributed by atoms with van der Waals surface area (Å²) in [6, 6.07) is 13.8. The molecular formula is C21H19N3OS. The van der Waals surface area contributed by atoms with Gasteiger partial charge in [-0.3, -0.25) is 9.78 Å². The number of hydrogen-bond donors (Lipinski definition) is 1. The largest absolute Gasteiger partial charge is 0.322 e. The first-order valence-electron chi connectivity index (χ1n) is 8.69. The van der Waals surface area contributed by atoms with Crippen LogP contribution in [0.1, 0.15) is 33.5 Å². The number of fused-ring (bicyclic) bond motifs is 1. The smallest absolute Gasteiger partial charge is 0.258 e. The van der Waals surface area contributed by atoms with Crippen molar-refractivity contribution in [1.82, 2.24) is 9.97 Å². The van der Waals surface area contributed by atoms with E-state index < -0.39 is 0 Å². The first-order chi connectivity index (χ1) is 12.8. The zero-order valence-electron chi connectivity index (χ0n) is 14.3. The number of thioether (sulfide) groups is 1. The molecule has 1 aliphatic rings. The van der Waals surface area contributed by atoms with E-state index in [0.717, 1.165) is 34.9 Å². The van der Waals surface area contributed by atoms with Crippen LogP contribution in [-0.2, 0) is 18.6 Å². The van der Waals surface area contributed by atoms with Crippen molar-refractivity contribution in [3.05, 3.63) is 83.3 Å². The fraction of sp³-hybridized carbons (Fsp3) is 0.190. The second-order valence-electron chi connectivity index (χ2n) is 6.29. The number of aromatic nitrogens is 2. The third-order valence-corrected chi connectivity index (χ3v) is 5.57. The molecule has 0 atom stereocenters. The molecule has 1 aliphatic carbocycles. The molecule has 4 rings (SSSR count). The highest BCUT2D eigenvalue weighted by Crippen LogP contribution is 2.27. The van der Waals surface area contributed by atoms with Gasteiger partial charge in [0.1, 0.15) is 5.03 Å². The maximum atomic E-state index is 12.8. The maximum Gasteiger partial charge on any atom is 0.258 e. The van der Waals surface area contributed by atoms with Crippen molar-refractivity contribution in [3.8, 4) is 0 Å². The maximum absolute atomic E-state index is 12.8. The van der Waals surface area contributed by atoms with Gasteiger partial charge in [0.25, 0.3) is 5.91 Å². The van der Waals surface area contributed by atoms with Crippen molar-refractivity contribution >= 4 is 23.4 Å². The van der Waals surface area contributed by atoms with Gasteiger partial charge in [0.15, 0.2) is 0 Å². The van der Waals surface area contributed by atoms with E-state index in [1.54, 1.807) is 36.4 Å². The van der Waals surface area contributed by atoms with Crippen LogP contribution in [0.5, 0.6) is 0 Å². The zero-order valence-corrected chi connectivity index (χ0v) is 15.1. The van der Waals surface area contributed by atoms with Crippen molar-refractivity contribution in [2.24, 2.45) is 0 Å². The van der Waals surface area contributed by atoms with Gasteiger partial charge in [-0.15, -0.1) is 11.8 Å². The lowest BCUT2D eigenvalue weighted by atomic mass is 10.1. The van der Waals surface area contributed by atoms with Gasteiger partial charge in [0.2, 0.25) is 0 Å². The Kier molecular flexibility index (Phi) is 4.97. The number of benzene rings is 1. The van der Waals surface area contributed by atoms with Crippen molar-refractivity contribution in [1.29, 1.82) is 0 Å². The Hall–Kier alpha value is -2.66. The minimum absolute atomic E-state index is 0.117. The number of amides is 1. The summed E-state index contributed by atoms with van der Waals surface area (Å²) in [7, 11) is 0. The van der Waals surface area contributed by atoms with Crippen LogP contribution in [0.3, 0.4) is 0 Å². The van der Waals surface area contributed by atoms with Crippen LogP contribution in [0.2, 0.25) is 0 Å². The van der Waals surface area contributed by atoms with Crippen LogP contribution in [0.4, 0.5) is 5.69 Å². The molecule has 5 heteroatoms. The van der Waals surface area contributed by atoms with Crippen LogP contribution in [-0.4, -0.2) is 15.9 Å². The van der Waals surface area contributed by atoms with Gasteiger partial charge in [-0.1, -0.05) is 6.07 Å². The van der Waals surface area contributed by atoms with Crippen molar-refractivity contribution in [2.75, 3.05) is 5.32 Å². The first-order valence-corrected chi connectivity index (χ1v) is 9.68. The lowest BCUT2D eigenvalue weighted by Crippen LogP contribution is -2.13. The van der Waals surface area contributed by atoms with E-state index in [-0.39, 0.29) is 5.91 Å². The fourth-order valence-corrected chi connectivity index (χ4v) is 4.10. The van der Waals surface area contributed by atoms with E-state index >= 15 is 0 Å². The molecule has 26 heavy (non-hydrogen) atoms. The molecule has 3 aromatic rings. The normalized spacial score (nSPS) is 12.6. The fourth-order valence-electron chi connectivity index (χ4n) is 3.16. The summed E-state index contributed by atoms with van der Waals surface area (Å²) >= 11 is 1.56. The van der Waals surface area contributed by atoms with Gasteiger partial charge in [-0.25, -0.2) is 4.98 Å². The predicted molar refractivity (Wildman–Crippen MR) is 104 cm³/mol. The number of hydrogen-bond acceptors (Lipinski definition) is 4. The van der Waals surface area contributed by atoms with Crippen LogP contribution >= 0.6 is 11.8 Å². The third kappa shape index (κ3) is 3.78. The molecule has 1 aromatic carbocycles. The van der Waals surface area contributed by atoms with Crippen LogP contribution < -0.4 is 5.32 Å². The molecule has 1 amide bonds. The van der Waals surface area contributed by atoms with E-state index in [0.29, 0.717) is 5.56 Å². The number of anilines is 1. The Morgan fingerprint density at radius 3 is 2.77 bits per heavy atom. The number of aryl methyl sites for hydroxylation is 2. The van der Waals surface area contributed by atoms with E-state index in [1.807, 2.05) is 24.3 Å². The molecule has 1 N–H and O–H groups in total. The second-order valence-corrected chi connectivity index (χ2v) is 7.26. The molecule has 0 unspecified atom stereocenters. The SMILES string of the molecule is O=C(Nc1ccc2c(c1)CCC2)c1cccnc1SCc1ccncc1. The Bertz CT molecular complexity index is 928. The first kappa shape index (κ1) is 16.8. The third-order valence-electron chi connectivity index (χ3n) is 4.50. The molecule has 0 fully saturated rings. The van der Waals surface area contributed by atoms with Crippen LogP contribution in [0.15, 0.2) is 66.1 Å². The van der Waals surface area contributed by atoms with Crippen LogP contribution in [0.25, 0.3) is 0 Å². The lowest BCUT2D eigenvalue weighted by Gasteiger charge is -2.10. The predicted octanol–water partition coefficient (Wildman–Crippen LogP) is 4.51. The van der Waals surface area contributed by atoms with Crippen molar-refractivity contribution < 1.29 is 4.79 Å². The molecule has 0 radical (unpaired) electrons. The summed E-state index contributed by atoms with van der Waals surface area (Å²) in [6.45, 7) is 0. The summed E-state index contributed by atoms with van der Waals surface area (Å²) in [5.41, 5.74) is 5.36. The summed E-state index contributed by atoms with van der Waals surface area (Å²) in [6.07, 6.45) is 8.71. The Balaban J connectivity index is 1.49. The minimum Gasteiger partial charge on any atom is -0.322 e. The summed E-state index contributed by atoms with van der Waals surface area (Å²) in [5, 5.41) is 3.76. The highest BCUT2D eigenvalue weighted by atomic mass is 32.2. The van der Waals surface area contributed by atoms with Gasteiger partial charge in [0, 0.05) is 30.0 Å².